The minimum atomic E-state index is -0.763. The van der Waals surface area contributed by atoms with Gasteiger partial charge in [-0.25, -0.2) is 0 Å². The third-order valence-electron chi connectivity index (χ3n) is 4.29. The van der Waals surface area contributed by atoms with E-state index in [0.717, 1.165) is 43.5 Å². The average molecular weight is 261 g/mol. The Hall–Kier alpha value is -0.875. The summed E-state index contributed by atoms with van der Waals surface area (Å²) in [5, 5.41) is 19.1. The number of aliphatic hydroxyl groups excluding tert-OH is 1. The van der Waals surface area contributed by atoms with Gasteiger partial charge in [-0.15, -0.1) is 0 Å². The van der Waals surface area contributed by atoms with Crippen molar-refractivity contribution in [1.29, 1.82) is 0 Å². The molecule has 2 aliphatic rings. The maximum Gasteiger partial charge on any atom is 0.492 e. The van der Waals surface area contributed by atoms with Crippen molar-refractivity contribution in [1.82, 2.24) is 4.90 Å². The minimum Gasteiger partial charge on any atom is -0.423 e. The maximum atomic E-state index is 9.90. The number of hydrogen-bond donors (Lipinski definition) is 2. The molecule has 102 valence electrons. The van der Waals surface area contributed by atoms with Crippen molar-refractivity contribution in [3.63, 3.8) is 0 Å². The summed E-state index contributed by atoms with van der Waals surface area (Å²) in [4.78, 5) is 2.40. The Balaban J connectivity index is 1.70. The third kappa shape index (κ3) is 2.70. The number of piperidine rings is 1. The first-order valence-corrected chi connectivity index (χ1v) is 7.01. The van der Waals surface area contributed by atoms with Crippen molar-refractivity contribution in [3.05, 3.63) is 29.3 Å². The molecule has 4 nitrogen and oxygen atoms in total. The highest BCUT2D eigenvalue weighted by molar-refractivity contribution is 6.62. The van der Waals surface area contributed by atoms with Crippen molar-refractivity contribution in [2.24, 2.45) is 5.92 Å². The van der Waals surface area contributed by atoms with Crippen molar-refractivity contribution in [3.8, 4) is 0 Å². The van der Waals surface area contributed by atoms with E-state index in [9.17, 15) is 5.02 Å². The number of fused-ring (bicyclic) bond motifs is 1. The van der Waals surface area contributed by atoms with Gasteiger partial charge in [0.15, 0.2) is 0 Å². The van der Waals surface area contributed by atoms with Gasteiger partial charge in [-0.05, 0) is 48.4 Å². The van der Waals surface area contributed by atoms with Crippen LogP contribution in [-0.4, -0.2) is 41.8 Å². The summed E-state index contributed by atoms with van der Waals surface area (Å²) in [6.45, 7) is 3.72. The van der Waals surface area contributed by atoms with Crippen LogP contribution in [0.2, 0.25) is 0 Å². The van der Waals surface area contributed by atoms with Crippen molar-refractivity contribution >= 4 is 12.6 Å². The zero-order valence-electron chi connectivity index (χ0n) is 11.1. The van der Waals surface area contributed by atoms with E-state index < -0.39 is 7.12 Å². The second-order valence-corrected chi connectivity index (χ2v) is 5.56. The van der Waals surface area contributed by atoms with Gasteiger partial charge >= 0.3 is 7.12 Å². The van der Waals surface area contributed by atoms with Gasteiger partial charge in [-0.2, -0.15) is 0 Å². The molecule has 1 fully saturated rings. The molecule has 3 rings (SSSR count). The van der Waals surface area contributed by atoms with Crippen LogP contribution >= 0.6 is 0 Å². The van der Waals surface area contributed by atoms with E-state index in [-0.39, 0.29) is 0 Å². The summed E-state index contributed by atoms with van der Waals surface area (Å²) in [5.41, 5.74) is 3.24. The number of benzene rings is 1. The molecular weight excluding hydrogens is 241 g/mol. The first-order valence-electron chi connectivity index (χ1n) is 7.01. The number of hydrogen-bond acceptors (Lipinski definition) is 4. The molecule has 0 radical (unpaired) electrons. The van der Waals surface area contributed by atoms with Crippen LogP contribution < -0.4 is 5.46 Å². The Bertz CT molecular complexity index is 446. The second kappa shape index (κ2) is 5.63. The van der Waals surface area contributed by atoms with Crippen LogP contribution in [0.1, 0.15) is 24.0 Å². The van der Waals surface area contributed by atoms with Crippen LogP contribution in [-0.2, 0) is 17.8 Å². The molecule has 0 unspecified atom stereocenters. The molecule has 19 heavy (non-hydrogen) atoms. The fraction of sp³-hybridized carbons (Fsp3) is 0.571. The van der Waals surface area contributed by atoms with Gasteiger partial charge in [0.05, 0.1) is 6.61 Å². The van der Waals surface area contributed by atoms with E-state index in [4.69, 9.17) is 9.76 Å². The molecule has 2 heterocycles. The van der Waals surface area contributed by atoms with Crippen LogP contribution in [0.25, 0.3) is 0 Å². The quantitative estimate of drug-likeness (QED) is 0.758. The number of aliphatic hydroxyl groups is 1. The third-order valence-corrected chi connectivity index (χ3v) is 4.29. The van der Waals surface area contributed by atoms with Gasteiger partial charge in [0.2, 0.25) is 0 Å². The largest absolute Gasteiger partial charge is 0.492 e. The lowest BCUT2D eigenvalue weighted by Gasteiger charge is -2.31. The smallest absolute Gasteiger partial charge is 0.423 e. The van der Waals surface area contributed by atoms with E-state index in [1.54, 1.807) is 0 Å². The Labute approximate surface area is 114 Å². The van der Waals surface area contributed by atoms with Crippen molar-refractivity contribution in [2.45, 2.75) is 26.0 Å². The van der Waals surface area contributed by atoms with Gasteiger partial charge in [0, 0.05) is 13.2 Å². The summed E-state index contributed by atoms with van der Waals surface area (Å²) in [5.74, 6) is 0.465. The Morgan fingerprint density at radius 1 is 1.32 bits per heavy atom. The molecule has 0 aliphatic carbocycles. The standard InChI is InChI=1S/C14H20BNO3/c17-9-11-4-6-16(7-5-11)8-12-2-1-3-13-10-19-15(18)14(12)13/h1-3,11,17-18H,4-10H2. The molecule has 1 aromatic rings. The number of nitrogens with zero attached hydrogens (tertiary/aromatic N) is 1. The topological polar surface area (TPSA) is 52.9 Å². The molecule has 1 aromatic carbocycles. The minimum absolute atomic E-state index is 0.307. The van der Waals surface area contributed by atoms with Gasteiger partial charge in [-0.3, -0.25) is 4.90 Å². The molecule has 1 saturated heterocycles. The summed E-state index contributed by atoms with van der Waals surface area (Å²) < 4.78 is 5.29. The Kier molecular flexibility index (Phi) is 3.89. The van der Waals surface area contributed by atoms with Crippen molar-refractivity contribution < 1.29 is 14.8 Å². The van der Waals surface area contributed by atoms with Crippen LogP contribution in [0.5, 0.6) is 0 Å². The number of rotatable bonds is 3. The van der Waals surface area contributed by atoms with Gasteiger partial charge in [0.1, 0.15) is 0 Å². The second-order valence-electron chi connectivity index (χ2n) is 5.56. The normalized spacial score (nSPS) is 20.8. The SMILES string of the molecule is OCC1CCN(Cc2cccc3c2B(O)OC3)CC1. The molecule has 0 amide bonds. The first kappa shape index (κ1) is 13.1. The van der Waals surface area contributed by atoms with Crippen molar-refractivity contribution in [2.75, 3.05) is 19.7 Å². The summed E-state index contributed by atoms with van der Waals surface area (Å²) in [6.07, 6.45) is 2.12. The summed E-state index contributed by atoms with van der Waals surface area (Å²) in [7, 11) is -0.763. The van der Waals surface area contributed by atoms with Crippen LogP contribution in [0.3, 0.4) is 0 Å². The average Bonchev–Trinajstić information content (AvgIpc) is 2.83. The predicted molar refractivity (Wildman–Crippen MR) is 73.9 cm³/mol. The van der Waals surface area contributed by atoms with E-state index in [0.29, 0.717) is 19.1 Å². The Morgan fingerprint density at radius 2 is 2.11 bits per heavy atom. The molecular formula is C14H20BNO3. The zero-order valence-corrected chi connectivity index (χ0v) is 11.1. The maximum absolute atomic E-state index is 9.90. The fourth-order valence-corrected chi connectivity index (χ4v) is 3.07. The zero-order chi connectivity index (χ0) is 13.2. The predicted octanol–water partition coefficient (Wildman–Crippen LogP) is 0.109. The van der Waals surface area contributed by atoms with Crippen LogP contribution in [0.15, 0.2) is 18.2 Å². The van der Waals surface area contributed by atoms with Gasteiger partial charge in [0.25, 0.3) is 0 Å². The van der Waals surface area contributed by atoms with Gasteiger partial charge in [-0.1, -0.05) is 18.2 Å². The molecule has 0 saturated carbocycles. The monoisotopic (exact) mass is 261 g/mol. The highest BCUT2D eigenvalue weighted by atomic mass is 16.5. The van der Waals surface area contributed by atoms with Crippen LogP contribution in [0.4, 0.5) is 0 Å². The van der Waals surface area contributed by atoms with E-state index in [2.05, 4.69) is 11.0 Å². The summed E-state index contributed by atoms with van der Waals surface area (Å²) in [6, 6.07) is 6.14. The lowest BCUT2D eigenvalue weighted by atomic mass is 9.76. The molecule has 0 spiro atoms. The lowest BCUT2D eigenvalue weighted by molar-refractivity contribution is 0.127. The van der Waals surface area contributed by atoms with Gasteiger partial charge < -0.3 is 14.8 Å². The molecule has 2 aliphatic heterocycles. The molecule has 0 bridgehead atoms. The molecule has 0 aromatic heterocycles. The highest BCUT2D eigenvalue weighted by Crippen LogP contribution is 2.19. The molecule has 5 heteroatoms. The highest BCUT2D eigenvalue weighted by Gasteiger charge is 2.30. The lowest BCUT2D eigenvalue weighted by Crippen LogP contribution is -2.38. The molecule has 0 atom stereocenters. The van der Waals surface area contributed by atoms with E-state index in [1.165, 1.54) is 5.56 Å². The fourth-order valence-electron chi connectivity index (χ4n) is 3.07. The van der Waals surface area contributed by atoms with E-state index in [1.807, 2.05) is 12.1 Å². The van der Waals surface area contributed by atoms with Crippen LogP contribution in [0, 0.1) is 5.92 Å². The first-order chi connectivity index (χ1) is 9.28. The number of likely N-dealkylation sites (tertiary alicyclic amines) is 1. The molecule has 2 N–H and O–H groups in total. The van der Waals surface area contributed by atoms with E-state index >= 15 is 0 Å². The Morgan fingerprint density at radius 3 is 2.84 bits per heavy atom. The summed E-state index contributed by atoms with van der Waals surface area (Å²) >= 11 is 0.